The van der Waals surface area contributed by atoms with Gasteiger partial charge in [-0.1, -0.05) is 25.3 Å². The van der Waals surface area contributed by atoms with Crippen molar-refractivity contribution in [2.45, 2.75) is 55.2 Å². The number of para-hydroxylation sites is 1. The Labute approximate surface area is 245 Å². The van der Waals surface area contributed by atoms with E-state index >= 15 is 4.39 Å². The molecule has 0 aliphatic heterocycles. The summed E-state index contributed by atoms with van der Waals surface area (Å²) in [5.74, 6) is 6.26. The molecule has 7 nitrogen and oxygen atoms in total. The molecule has 1 aromatic carbocycles. The van der Waals surface area contributed by atoms with Crippen molar-refractivity contribution in [3.63, 3.8) is 0 Å². The van der Waals surface area contributed by atoms with E-state index in [9.17, 15) is 18.0 Å². The van der Waals surface area contributed by atoms with Crippen LogP contribution in [0.1, 0.15) is 48.9 Å². The number of nitrogens with zero attached hydrogens (tertiary/aromatic N) is 1. The molecule has 2 saturated carbocycles. The number of carbonyl (C=O) groups excluding carboxylic acids is 1. The molecular weight excluding hydrogens is 572 g/mol. The molecule has 12 heteroatoms. The molecule has 5 atom stereocenters. The number of hydrogen-bond acceptors (Lipinski definition) is 7. The third-order valence-electron chi connectivity index (χ3n) is 7.74. The second-order valence-electron chi connectivity index (χ2n) is 10.7. The minimum absolute atomic E-state index is 0.0298. The SMILES string of the molecule is CNC(=O)c1ccc(OCC#Cc2oc3c(N[C@@H]4C[C@H](C)CC[C@H]5C[C@@H]5[C@@H]4F)cccc3c2SC(F)(F)F)c(NC)n1. The zero-order chi connectivity index (χ0) is 30.0. The lowest BCUT2D eigenvalue weighted by Gasteiger charge is -2.28. The third kappa shape index (κ3) is 6.72. The number of thioether (sulfide) groups is 1. The van der Waals surface area contributed by atoms with Gasteiger partial charge >= 0.3 is 5.51 Å². The van der Waals surface area contributed by atoms with Crippen LogP contribution in [-0.2, 0) is 0 Å². The van der Waals surface area contributed by atoms with Gasteiger partial charge in [0.25, 0.3) is 5.91 Å². The maximum atomic E-state index is 15.5. The van der Waals surface area contributed by atoms with Gasteiger partial charge in [-0.25, -0.2) is 9.37 Å². The van der Waals surface area contributed by atoms with Crippen molar-refractivity contribution in [3.8, 4) is 17.6 Å². The van der Waals surface area contributed by atoms with Crippen molar-refractivity contribution in [2.75, 3.05) is 31.3 Å². The Kier molecular flexibility index (Phi) is 8.78. The molecule has 2 heterocycles. The van der Waals surface area contributed by atoms with Crippen LogP contribution in [0.4, 0.5) is 29.1 Å². The number of anilines is 2. The number of carbonyl (C=O) groups is 1. The van der Waals surface area contributed by atoms with Crippen molar-refractivity contribution in [2.24, 2.45) is 17.8 Å². The van der Waals surface area contributed by atoms with Crippen LogP contribution in [0.5, 0.6) is 5.75 Å². The van der Waals surface area contributed by atoms with E-state index in [0.29, 0.717) is 35.5 Å². The predicted octanol–water partition coefficient (Wildman–Crippen LogP) is 6.85. The molecule has 0 spiro atoms. The fourth-order valence-electron chi connectivity index (χ4n) is 5.55. The first-order valence-corrected chi connectivity index (χ1v) is 14.6. The van der Waals surface area contributed by atoms with Gasteiger partial charge in [0.15, 0.2) is 22.9 Å². The van der Waals surface area contributed by atoms with Gasteiger partial charge in [0.05, 0.1) is 16.6 Å². The van der Waals surface area contributed by atoms with Gasteiger partial charge in [0.1, 0.15) is 18.5 Å². The van der Waals surface area contributed by atoms with Crippen LogP contribution in [0.2, 0.25) is 0 Å². The highest BCUT2D eigenvalue weighted by molar-refractivity contribution is 8.00. The van der Waals surface area contributed by atoms with Gasteiger partial charge in [-0.05, 0) is 79.0 Å². The molecule has 2 fully saturated rings. The smallest absolute Gasteiger partial charge is 0.446 e. The molecule has 0 radical (unpaired) electrons. The standard InChI is InChI=1S/C30H32F4N4O3S/c1-16-9-10-17-15-19(17)25(31)22(14-16)37-20-7-4-6-18-26(20)41-23(27(18)42-30(32,33)34)8-5-13-40-24-12-11-21(29(39)36-3)38-28(24)35-2/h4,6-7,11-12,16-17,19,22,25,37H,9-10,13-15H2,1-3H3,(H,35,38)(H,36,39)/t16-,17+,19+,22-,25+/m1/s1. The Morgan fingerprint density at radius 2 is 2.00 bits per heavy atom. The fourth-order valence-corrected chi connectivity index (χ4v) is 6.23. The molecule has 3 N–H and O–H groups in total. The summed E-state index contributed by atoms with van der Waals surface area (Å²) in [7, 11) is 3.10. The van der Waals surface area contributed by atoms with Crippen molar-refractivity contribution < 1.29 is 31.5 Å². The third-order valence-corrected chi connectivity index (χ3v) is 8.58. The summed E-state index contributed by atoms with van der Waals surface area (Å²) in [6.45, 7) is 1.93. The summed E-state index contributed by atoms with van der Waals surface area (Å²) in [5.41, 5.74) is -3.74. The molecule has 1 amide bonds. The normalized spacial score (nSPS) is 23.5. The zero-order valence-corrected chi connectivity index (χ0v) is 24.2. The summed E-state index contributed by atoms with van der Waals surface area (Å²) in [6.07, 6.45) is 2.56. The van der Waals surface area contributed by atoms with E-state index in [2.05, 4.69) is 39.7 Å². The molecule has 0 saturated heterocycles. The Balaban J connectivity index is 1.40. The Bertz CT molecular complexity index is 1520. The van der Waals surface area contributed by atoms with Gasteiger partial charge in [-0.2, -0.15) is 13.2 Å². The maximum Gasteiger partial charge on any atom is 0.446 e. The number of hydrogen-bond donors (Lipinski definition) is 3. The van der Waals surface area contributed by atoms with E-state index < -0.39 is 17.7 Å². The van der Waals surface area contributed by atoms with E-state index in [4.69, 9.17) is 9.15 Å². The second-order valence-corrected chi connectivity index (χ2v) is 11.8. The lowest BCUT2D eigenvalue weighted by atomic mass is 9.88. The Morgan fingerprint density at radius 3 is 2.74 bits per heavy atom. The van der Waals surface area contributed by atoms with Gasteiger partial charge in [-0.3, -0.25) is 4.79 Å². The Morgan fingerprint density at radius 1 is 1.19 bits per heavy atom. The number of alkyl halides is 4. The van der Waals surface area contributed by atoms with Crippen molar-refractivity contribution in [1.82, 2.24) is 10.3 Å². The van der Waals surface area contributed by atoms with E-state index in [1.807, 2.05) is 0 Å². The monoisotopic (exact) mass is 604 g/mol. The highest BCUT2D eigenvalue weighted by Crippen LogP contribution is 2.50. The number of aromatic nitrogens is 1. The van der Waals surface area contributed by atoms with Crippen LogP contribution >= 0.6 is 11.8 Å². The highest BCUT2D eigenvalue weighted by Gasteiger charge is 2.47. The van der Waals surface area contributed by atoms with Crippen LogP contribution < -0.4 is 20.7 Å². The van der Waals surface area contributed by atoms with Crippen molar-refractivity contribution >= 4 is 40.1 Å². The number of furan rings is 1. The number of benzene rings is 1. The number of ether oxygens (including phenoxy) is 1. The van der Waals surface area contributed by atoms with E-state index in [1.165, 1.54) is 13.1 Å². The first-order chi connectivity index (χ1) is 20.1. The average molecular weight is 605 g/mol. The van der Waals surface area contributed by atoms with E-state index in [-0.39, 0.29) is 57.5 Å². The number of pyridine rings is 1. The predicted molar refractivity (Wildman–Crippen MR) is 155 cm³/mol. The van der Waals surface area contributed by atoms with Crippen molar-refractivity contribution in [1.29, 1.82) is 0 Å². The minimum atomic E-state index is -4.58. The van der Waals surface area contributed by atoms with E-state index in [1.54, 1.807) is 31.3 Å². The quantitative estimate of drug-likeness (QED) is 0.155. The first kappa shape index (κ1) is 29.9. The van der Waals surface area contributed by atoms with Crippen molar-refractivity contribution in [3.05, 3.63) is 41.8 Å². The lowest BCUT2D eigenvalue weighted by Crippen LogP contribution is -2.35. The molecule has 0 bridgehead atoms. The zero-order valence-electron chi connectivity index (χ0n) is 23.4. The van der Waals surface area contributed by atoms with Crippen LogP contribution in [0.15, 0.2) is 39.6 Å². The highest BCUT2D eigenvalue weighted by atomic mass is 32.2. The fraction of sp³-hybridized carbons (Fsp3) is 0.467. The van der Waals surface area contributed by atoms with Gasteiger partial charge in [-0.15, -0.1) is 0 Å². The largest absolute Gasteiger partial charge is 0.477 e. The molecule has 2 aliphatic rings. The molecule has 5 rings (SSSR count). The molecule has 42 heavy (non-hydrogen) atoms. The molecule has 2 aromatic heterocycles. The summed E-state index contributed by atoms with van der Waals surface area (Å²) < 4.78 is 67.8. The minimum Gasteiger partial charge on any atom is -0.477 e. The summed E-state index contributed by atoms with van der Waals surface area (Å²) in [4.78, 5) is 15.9. The van der Waals surface area contributed by atoms with E-state index in [0.717, 1.165) is 19.3 Å². The molecule has 3 aromatic rings. The van der Waals surface area contributed by atoms with Gasteiger partial charge < -0.3 is 25.1 Å². The van der Waals surface area contributed by atoms with Crippen LogP contribution in [0.3, 0.4) is 0 Å². The van der Waals surface area contributed by atoms with Crippen LogP contribution in [0, 0.1) is 29.6 Å². The summed E-state index contributed by atoms with van der Waals surface area (Å²) in [6, 6.07) is 7.45. The molecule has 2 aliphatic carbocycles. The number of rotatable bonds is 7. The summed E-state index contributed by atoms with van der Waals surface area (Å²) in [5, 5.41) is 8.85. The first-order valence-electron chi connectivity index (χ1n) is 13.8. The average Bonchev–Trinajstić information content (AvgIpc) is 3.66. The summed E-state index contributed by atoms with van der Waals surface area (Å²) >= 11 is -0.297. The number of amides is 1. The number of halogens is 4. The maximum absolute atomic E-state index is 15.5. The van der Waals surface area contributed by atoms with Gasteiger partial charge in [0.2, 0.25) is 0 Å². The number of fused-ring (bicyclic) bond motifs is 2. The lowest BCUT2D eigenvalue weighted by molar-refractivity contribution is -0.0328. The Hall–Kier alpha value is -3.59. The second kappa shape index (κ2) is 12.3. The van der Waals surface area contributed by atoms with Crippen LogP contribution in [0.25, 0.3) is 11.0 Å². The van der Waals surface area contributed by atoms with Gasteiger partial charge in [0, 0.05) is 19.5 Å². The molecule has 0 unspecified atom stereocenters. The molecular formula is C30H32F4N4O3S. The topological polar surface area (TPSA) is 88.4 Å². The van der Waals surface area contributed by atoms with Crippen LogP contribution in [-0.4, -0.2) is 49.3 Å². The molecule has 224 valence electrons. The number of nitrogens with one attached hydrogen (secondary N) is 3.